The number of thiazole rings is 2. The zero-order valence-electron chi connectivity index (χ0n) is 19.0. The number of halogens is 1. The van der Waals surface area contributed by atoms with Crippen molar-refractivity contribution in [1.29, 1.82) is 0 Å². The summed E-state index contributed by atoms with van der Waals surface area (Å²) in [6.45, 7) is 2.84. The van der Waals surface area contributed by atoms with Gasteiger partial charge in [0.1, 0.15) is 10.6 Å². The van der Waals surface area contributed by atoms with Crippen LogP contribution < -0.4 is 10.2 Å². The Hall–Kier alpha value is -3.96. The van der Waals surface area contributed by atoms with Crippen LogP contribution in [0.25, 0.3) is 21.5 Å². The minimum atomic E-state index is -0.519. The number of carbonyl (C=O) groups is 1. The van der Waals surface area contributed by atoms with Crippen molar-refractivity contribution in [3.05, 3.63) is 77.1 Å². The van der Waals surface area contributed by atoms with Crippen LogP contribution in [0.1, 0.15) is 9.67 Å². The Balaban J connectivity index is 1.14. The number of benzene rings is 2. The van der Waals surface area contributed by atoms with E-state index < -0.39 is 5.82 Å². The molecule has 36 heavy (non-hydrogen) atoms. The van der Waals surface area contributed by atoms with Crippen molar-refractivity contribution in [2.45, 2.75) is 0 Å². The highest BCUT2D eigenvalue weighted by Gasteiger charge is 2.24. The van der Waals surface area contributed by atoms with Crippen molar-refractivity contribution in [3.63, 3.8) is 0 Å². The molecule has 8 nitrogen and oxygen atoms in total. The maximum absolute atomic E-state index is 14.5. The molecule has 0 spiro atoms. The maximum Gasteiger partial charge on any atom is 0.265 e. The lowest BCUT2D eigenvalue weighted by Crippen LogP contribution is -2.48. The highest BCUT2D eigenvalue weighted by atomic mass is 32.1. The summed E-state index contributed by atoms with van der Waals surface area (Å²) >= 11 is 2.71. The molecule has 180 valence electrons. The molecule has 0 bridgehead atoms. The van der Waals surface area contributed by atoms with Gasteiger partial charge in [0.2, 0.25) is 5.95 Å². The summed E-state index contributed by atoms with van der Waals surface area (Å²) in [5.74, 6) is -0.360. The quantitative estimate of drug-likeness (QED) is 0.349. The molecular weight excluding hydrogens is 497 g/mol. The van der Waals surface area contributed by atoms with E-state index in [0.717, 1.165) is 29.5 Å². The van der Waals surface area contributed by atoms with Gasteiger partial charge < -0.3 is 15.1 Å². The van der Waals surface area contributed by atoms with E-state index in [2.05, 4.69) is 42.3 Å². The predicted molar refractivity (Wildman–Crippen MR) is 141 cm³/mol. The van der Waals surface area contributed by atoms with Gasteiger partial charge in [0.05, 0.1) is 28.1 Å². The van der Waals surface area contributed by atoms with E-state index in [1.807, 2.05) is 35.2 Å². The molecule has 1 aliphatic heterocycles. The molecule has 0 saturated carbocycles. The average Bonchev–Trinajstić information content (AvgIpc) is 3.59. The van der Waals surface area contributed by atoms with Crippen molar-refractivity contribution >= 4 is 55.6 Å². The van der Waals surface area contributed by atoms with Crippen molar-refractivity contribution in [2.24, 2.45) is 0 Å². The smallest absolute Gasteiger partial charge is 0.265 e. The van der Waals surface area contributed by atoms with E-state index >= 15 is 0 Å². The number of rotatable bonds is 5. The first-order valence-electron chi connectivity index (χ1n) is 11.3. The number of amides is 1. The van der Waals surface area contributed by atoms with Gasteiger partial charge in [0.15, 0.2) is 10.9 Å². The van der Waals surface area contributed by atoms with E-state index in [0.29, 0.717) is 28.7 Å². The molecule has 1 N–H and O–H groups in total. The summed E-state index contributed by atoms with van der Waals surface area (Å²) in [7, 11) is 0. The van der Waals surface area contributed by atoms with Crippen LogP contribution in [0, 0.1) is 5.82 Å². The van der Waals surface area contributed by atoms with E-state index in [-0.39, 0.29) is 17.5 Å². The molecule has 1 aliphatic rings. The first kappa shape index (κ1) is 22.5. The molecule has 1 saturated heterocycles. The van der Waals surface area contributed by atoms with Crippen LogP contribution in [0.5, 0.6) is 0 Å². The first-order chi connectivity index (χ1) is 17.6. The van der Waals surface area contributed by atoms with E-state index in [9.17, 15) is 9.18 Å². The van der Waals surface area contributed by atoms with Gasteiger partial charge in [-0.3, -0.25) is 4.79 Å². The lowest BCUT2D eigenvalue weighted by atomic mass is 10.1. The predicted octanol–water partition coefficient (Wildman–Crippen LogP) is 5.05. The molecule has 5 aromatic rings. The van der Waals surface area contributed by atoms with Gasteiger partial charge in [-0.05, 0) is 24.3 Å². The Labute approximate surface area is 214 Å². The molecule has 3 aromatic heterocycles. The van der Waals surface area contributed by atoms with Gasteiger partial charge in [0.25, 0.3) is 5.91 Å². The van der Waals surface area contributed by atoms with Crippen molar-refractivity contribution < 1.29 is 9.18 Å². The molecule has 11 heteroatoms. The average molecular weight is 518 g/mol. The molecule has 4 heterocycles. The van der Waals surface area contributed by atoms with Crippen molar-refractivity contribution in [1.82, 2.24) is 24.8 Å². The first-order valence-corrected chi connectivity index (χ1v) is 13.0. The number of nitrogens with zero attached hydrogens (tertiary/aromatic N) is 6. The number of hydrogen-bond donors (Lipinski definition) is 1. The molecule has 2 aromatic carbocycles. The Morgan fingerprint density at radius 1 is 0.972 bits per heavy atom. The number of aromatic nitrogens is 4. The summed E-state index contributed by atoms with van der Waals surface area (Å²) < 4.78 is 15.5. The fourth-order valence-corrected chi connectivity index (χ4v) is 5.62. The summed E-state index contributed by atoms with van der Waals surface area (Å²) in [5, 5.41) is 3.48. The minimum Gasteiger partial charge on any atom is -0.368 e. The van der Waals surface area contributed by atoms with Gasteiger partial charge in [-0.2, -0.15) is 0 Å². The molecule has 1 fully saturated rings. The third kappa shape index (κ3) is 4.50. The van der Waals surface area contributed by atoms with Crippen molar-refractivity contribution in [3.8, 4) is 11.3 Å². The second-order valence-corrected chi connectivity index (χ2v) is 10.1. The van der Waals surface area contributed by atoms with Crippen LogP contribution in [0.4, 0.5) is 21.2 Å². The fourth-order valence-electron chi connectivity index (χ4n) is 4.12. The van der Waals surface area contributed by atoms with Crippen LogP contribution in [-0.4, -0.2) is 56.9 Å². The summed E-state index contributed by atoms with van der Waals surface area (Å²) in [6, 6.07) is 15.7. The van der Waals surface area contributed by atoms with Crippen LogP contribution in [-0.2, 0) is 0 Å². The van der Waals surface area contributed by atoms with Crippen LogP contribution in [0.2, 0.25) is 0 Å². The lowest BCUT2D eigenvalue weighted by molar-refractivity contribution is 0.0751. The molecule has 0 atom stereocenters. The third-order valence-corrected chi connectivity index (χ3v) is 7.66. The number of carbonyl (C=O) groups excluding carboxylic acids is 1. The number of anilines is 3. The van der Waals surface area contributed by atoms with Gasteiger partial charge in [-0.25, -0.2) is 24.3 Å². The third-order valence-electron chi connectivity index (χ3n) is 5.97. The number of nitrogens with one attached hydrogen (secondary N) is 1. The SMILES string of the molecule is O=C(c1cnc(Nc2ncc(F)c(-c3ccc4ncsc4c3)n2)s1)N1CCN(c2ccccc2)CC1. The molecule has 0 unspecified atom stereocenters. The zero-order valence-corrected chi connectivity index (χ0v) is 20.6. The molecule has 6 rings (SSSR count). The lowest BCUT2D eigenvalue weighted by Gasteiger charge is -2.35. The van der Waals surface area contributed by atoms with Gasteiger partial charge in [-0.15, -0.1) is 11.3 Å². The van der Waals surface area contributed by atoms with Gasteiger partial charge >= 0.3 is 0 Å². The van der Waals surface area contributed by atoms with Gasteiger partial charge in [-0.1, -0.05) is 35.6 Å². The minimum absolute atomic E-state index is 0.0492. The standard InChI is InChI=1S/C25H20FN7OS2/c26-18-13-27-24(30-22(18)16-6-7-19-20(12-16)35-15-29-19)31-25-28-14-21(36-25)23(34)33-10-8-32(9-11-33)17-4-2-1-3-5-17/h1-7,12-15H,8-11H2,(H,27,28,30,31). The topological polar surface area (TPSA) is 87.1 Å². The number of hydrogen-bond acceptors (Lipinski definition) is 9. The van der Waals surface area contributed by atoms with Crippen LogP contribution >= 0.6 is 22.7 Å². The molecule has 1 amide bonds. The number of para-hydroxylation sites is 1. The van der Waals surface area contributed by atoms with E-state index in [1.54, 1.807) is 17.8 Å². The van der Waals surface area contributed by atoms with E-state index in [1.165, 1.54) is 28.4 Å². The monoisotopic (exact) mass is 517 g/mol. The summed E-state index contributed by atoms with van der Waals surface area (Å²) in [5.41, 5.74) is 4.60. The van der Waals surface area contributed by atoms with Crippen molar-refractivity contribution in [2.75, 3.05) is 36.4 Å². The molecule has 0 aliphatic carbocycles. The molecule has 0 radical (unpaired) electrons. The zero-order chi connectivity index (χ0) is 24.5. The largest absolute Gasteiger partial charge is 0.368 e. The Morgan fingerprint density at radius 2 is 1.81 bits per heavy atom. The van der Waals surface area contributed by atoms with Crippen LogP contribution in [0.15, 0.2) is 66.4 Å². The number of fused-ring (bicyclic) bond motifs is 1. The summed E-state index contributed by atoms with van der Waals surface area (Å²) in [6.07, 6.45) is 2.69. The normalized spacial score (nSPS) is 13.8. The Kier molecular flexibility index (Phi) is 5.99. The second-order valence-electron chi connectivity index (χ2n) is 8.19. The highest BCUT2D eigenvalue weighted by molar-refractivity contribution is 7.17. The van der Waals surface area contributed by atoms with Crippen LogP contribution in [0.3, 0.4) is 0 Å². The molecular formula is C25H20FN7OS2. The summed E-state index contributed by atoms with van der Waals surface area (Å²) in [4.78, 5) is 34.7. The van der Waals surface area contributed by atoms with E-state index in [4.69, 9.17) is 0 Å². The van der Waals surface area contributed by atoms with Gasteiger partial charge in [0, 0.05) is 37.4 Å². The Morgan fingerprint density at radius 3 is 2.64 bits per heavy atom. The maximum atomic E-state index is 14.5. The Bertz CT molecular complexity index is 1530. The highest BCUT2D eigenvalue weighted by Crippen LogP contribution is 2.29. The second kappa shape index (κ2) is 9.59. The number of piperazine rings is 1. The fraction of sp³-hybridized carbons (Fsp3) is 0.160.